The zero-order valence-electron chi connectivity index (χ0n) is 11.3. The molecule has 1 aromatic heterocycles. The summed E-state index contributed by atoms with van der Waals surface area (Å²) in [7, 11) is 0. The Balaban J connectivity index is 1.77. The van der Waals surface area contributed by atoms with Gasteiger partial charge in [-0.15, -0.1) is 0 Å². The summed E-state index contributed by atoms with van der Waals surface area (Å²) in [5, 5.41) is 3.60. The number of pyridine rings is 1. The Hall–Kier alpha value is -1.67. The van der Waals surface area contributed by atoms with Crippen molar-refractivity contribution in [1.29, 1.82) is 0 Å². The molecule has 0 aliphatic heterocycles. The van der Waals surface area contributed by atoms with E-state index in [0.717, 1.165) is 6.54 Å². The number of aromatic nitrogens is 1. The molecule has 0 saturated heterocycles. The van der Waals surface area contributed by atoms with Crippen molar-refractivity contribution < 1.29 is 0 Å². The molecule has 2 heteroatoms. The highest BCUT2D eigenvalue weighted by molar-refractivity contribution is 5.28. The van der Waals surface area contributed by atoms with Gasteiger partial charge >= 0.3 is 0 Å². The van der Waals surface area contributed by atoms with Gasteiger partial charge in [0.15, 0.2) is 0 Å². The topological polar surface area (TPSA) is 24.9 Å². The quantitative estimate of drug-likeness (QED) is 0.880. The Morgan fingerprint density at radius 3 is 2.63 bits per heavy atom. The van der Waals surface area contributed by atoms with Crippen LogP contribution in [0.3, 0.4) is 0 Å². The number of benzene rings is 1. The number of hydrogen-bond acceptors (Lipinski definition) is 2. The van der Waals surface area contributed by atoms with Crippen molar-refractivity contribution >= 4 is 0 Å². The highest BCUT2D eigenvalue weighted by atomic mass is 15.0. The van der Waals surface area contributed by atoms with Crippen LogP contribution in [-0.2, 0) is 0 Å². The molecule has 1 aliphatic rings. The molecule has 1 aliphatic carbocycles. The molecule has 1 heterocycles. The van der Waals surface area contributed by atoms with Crippen molar-refractivity contribution in [3.63, 3.8) is 0 Å². The fourth-order valence-corrected chi connectivity index (χ4v) is 2.92. The standard InChI is InChI=1S/C17H20N2/c1-2-18-17(16-10-6-7-11-19-16)15-12-14(15)13-8-4-3-5-9-13/h3-11,14-15,17-18H,2,12H2,1H3. The third kappa shape index (κ3) is 2.69. The van der Waals surface area contributed by atoms with E-state index in [4.69, 9.17) is 0 Å². The zero-order chi connectivity index (χ0) is 13.1. The molecule has 1 N–H and O–H groups in total. The molecule has 2 nitrogen and oxygen atoms in total. The van der Waals surface area contributed by atoms with Crippen LogP contribution < -0.4 is 5.32 Å². The smallest absolute Gasteiger partial charge is 0.0576 e. The first-order chi connectivity index (χ1) is 9.40. The monoisotopic (exact) mass is 252 g/mol. The second kappa shape index (κ2) is 5.54. The van der Waals surface area contributed by atoms with E-state index in [2.05, 4.69) is 59.7 Å². The zero-order valence-corrected chi connectivity index (χ0v) is 11.3. The third-order valence-corrected chi connectivity index (χ3v) is 3.93. The van der Waals surface area contributed by atoms with E-state index in [1.54, 1.807) is 0 Å². The molecule has 0 bridgehead atoms. The molecule has 19 heavy (non-hydrogen) atoms. The van der Waals surface area contributed by atoms with Gasteiger partial charge in [-0.05, 0) is 42.5 Å². The molecule has 3 atom stereocenters. The van der Waals surface area contributed by atoms with E-state index in [9.17, 15) is 0 Å². The molecule has 1 fully saturated rings. The Morgan fingerprint density at radius 1 is 1.16 bits per heavy atom. The molecule has 1 saturated carbocycles. The maximum Gasteiger partial charge on any atom is 0.0576 e. The number of nitrogens with one attached hydrogen (secondary N) is 1. The largest absolute Gasteiger partial charge is 0.309 e. The van der Waals surface area contributed by atoms with Crippen LogP contribution >= 0.6 is 0 Å². The highest BCUT2D eigenvalue weighted by Crippen LogP contribution is 2.53. The van der Waals surface area contributed by atoms with Crippen molar-refractivity contribution in [3.05, 3.63) is 66.0 Å². The van der Waals surface area contributed by atoms with Crippen molar-refractivity contribution in [2.24, 2.45) is 5.92 Å². The van der Waals surface area contributed by atoms with E-state index < -0.39 is 0 Å². The summed E-state index contributed by atoms with van der Waals surface area (Å²) in [5.74, 6) is 1.37. The maximum absolute atomic E-state index is 4.52. The van der Waals surface area contributed by atoms with Gasteiger partial charge in [0.05, 0.1) is 11.7 Å². The van der Waals surface area contributed by atoms with E-state index in [-0.39, 0.29) is 0 Å². The van der Waals surface area contributed by atoms with Crippen LogP contribution in [0.5, 0.6) is 0 Å². The highest BCUT2D eigenvalue weighted by Gasteiger charge is 2.44. The van der Waals surface area contributed by atoms with E-state index in [1.165, 1.54) is 17.7 Å². The van der Waals surface area contributed by atoms with Gasteiger partial charge < -0.3 is 5.32 Å². The number of hydrogen-bond donors (Lipinski definition) is 1. The Bertz CT molecular complexity index is 509. The first kappa shape index (κ1) is 12.4. The predicted octanol–water partition coefficient (Wildman–Crippen LogP) is 3.54. The maximum atomic E-state index is 4.52. The second-order valence-corrected chi connectivity index (χ2v) is 5.21. The lowest BCUT2D eigenvalue weighted by molar-refractivity contribution is 0.476. The van der Waals surface area contributed by atoms with Gasteiger partial charge in [0.2, 0.25) is 0 Å². The van der Waals surface area contributed by atoms with Gasteiger partial charge in [-0.2, -0.15) is 0 Å². The summed E-state index contributed by atoms with van der Waals surface area (Å²) in [6.45, 7) is 3.15. The molecule has 98 valence electrons. The molecule has 3 rings (SSSR count). The number of rotatable bonds is 5. The SMILES string of the molecule is CCNC(c1ccccn1)C1CC1c1ccccc1. The second-order valence-electron chi connectivity index (χ2n) is 5.21. The Morgan fingerprint density at radius 2 is 1.95 bits per heavy atom. The van der Waals surface area contributed by atoms with Crippen LogP contribution in [0.25, 0.3) is 0 Å². The minimum atomic E-state index is 0.386. The fourth-order valence-electron chi connectivity index (χ4n) is 2.92. The van der Waals surface area contributed by atoms with Crippen LogP contribution in [0.1, 0.15) is 36.6 Å². The lowest BCUT2D eigenvalue weighted by Gasteiger charge is -2.17. The minimum absolute atomic E-state index is 0.386. The van der Waals surface area contributed by atoms with Crippen molar-refractivity contribution in [2.45, 2.75) is 25.3 Å². The van der Waals surface area contributed by atoms with Crippen LogP contribution in [0.15, 0.2) is 54.7 Å². The van der Waals surface area contributed by atoms with Gasteiger partial charge in [0.25, 0.3) is 0 Å². The van der Waals surface area contributed by atoms with E-state index >= 15 is 0 Å². The van der Waals surface area contributed by atoms with Crippen molar-refractivity contribution in [3.8, 4) is 0 Å². The van der Waals surface area contributed by atoms with Crippen LogP contribution in [0.4, 0.5) is 0 Å². The predicted molar refractivity (Wildman–Crippen MR) is 77.9 cm³/mol. The first-order valence-electron chi connectivity index (χ1n) is 7.09. The van der Waals surface area contributed by atoms with Crippen molar-refractivity contribution in [2.75, 3.05) is 6.54 Å². The van der Waals surface area contributed by atoms with Gasteiger partial charge in [-0.1, -0.05) is 43.3 Å². The Kier molecular flexibility index (Phi) is 3.60. The van der Waals surface area contributed by atoms with Gasteiger partial charge in [0.1, 0.15) is 0 Å². The lowest BCUT2D eigenvalue weighted by Crippen LogP contribution is -2.24. The molecule has 1 aromatic carbocycles. The molecule has 0 radical (unpaired) electrons. The van der Waals surface area contributed by atoms with Gasteiger partial charge in [-0.3, -0.25) is 4.98 Å². The van der Waals surface area contributed by atoms with Gasteiger partial charge in [-0.25, -0.2) is 0 Å². The van der Waals surface area contributed by atoms with Crippen LogP contribution in [-0.4, -0.2) is 11.5 Å². The minimum Gasteiger partial charge on any atom is -0.309 e. The normalized spacial score (nSPS) is 23.0. The lowest BCUT2D eigenvalue weighted by atomic mass is 10.0. The van der Waals surface area contributed by atoms with Crippen LogP contribution in [0.2, 0.25) is 0 Å². The van der Waals surface area contributed by atoms with Gasteiger partial charge in [0, 0.05) is 6.20 Å². The molecule has 0 amide bonds. The summed E-state index contributed by atoms with van der Waals surface area (Å²) in [5.41, 5.74) is 2.64. The summed E-state index contributed by atoms with van der Waals surface area (Å²) in [6, 6.07) is 17.4. The van der Waals surface area contributed by atoms with E-state index in [1.807, 2.05) is 12.3 Å². The Labute approximate surface area is 114 Å². The van der Waals surface area contributed by atoms with E-state index in [0.29, 0.717) is 17.9 Å². The third-order valence-electron chi connectivity index (χ3n) is 3.93. The van der Waals surface area contributed by atoms with Crippen molar-refractivity contribution in [1.82, 2.24) is 10.3 Å². The summed E-state index contributed by atoms with van der Waals surface area (Å²) < 4.78 is 0. The molecular formula is C17H20N2. The fraction of sp³-hybridized carbons (Fsp3) is 0.353. The number of nitrogens with zero attached hydrogens (tertiary/aromatic N) is 1. The molecule has 3 unspecified atom stereocenters. The first-order valence-corrected chi connectivity index (χ1v) is 7.09. The molecule has 2 aromatic rings. The van der Waals surface area contributed by atoms with Crippen LogP contribution in [0, 0.1) is 5.92 Å². The average molecular weight is 252 g/mol. The summed E-state index contributed by atoms with van der Waals surface area (Å²) >= 11 is 0. The summed E-state index contributed by atoms with van der Waals surface area (Å²) in [6.07, 6.45) is 3.15. The molecule has 0 spiro atoms. The molecular weight excluding hydrogens is 232 g/mol. The average Bonchev–Trinajstić information content (AvgIpc) is 3.27. The summed E-state index contributed by atoms with van der Waals surface area (Å²) in [4.78, 5) is 4.52.